The summed E-state index contributed by atoms with van der Waals surface area (Å²) in [4.78, 5) is 11.2. The fourth-order valence-corrected chi connectivity index (χ4v) is 1.44. The van der Waals surface area contributed by atoms with Crippen LogP contribution >= 0.6 is 15.9 Å². The molecule has 0 fully saturated rings. The smallest absolute Gasteiger partial charge is 0.165 e. The molecular formula is C10H11BrO2. The molecule has 1 unspecified atom stereocenters. The second-order valence-corrected chi connectivity index (χ2v) is 3.86. The van der Waals surface area contributed by atoms with Gasteiger partial charge >= 0.3 is 0 Å². The Morgan fingerprint density at radius 2 is 2.31 bits per heavy atom. The van der Waals surface area contributed by atoms with Gasteiger partial charge in [0.2, 0.25) is 0 Å². The number of aliphatic hydroxyl groups excluding tert-OH is 1. The highest BCUT2D eigenvalue weighted by Gasteiger charge is 2.09. The summed E-state index contributed by atoms with van der Waals surface area (Å²) in [7, 11) is 0. The minimum atomic E-state index is -0.876. The zero-order valence-electron chi connectivity index (χ0n) is 7.33. The molecule has 1 N–H and O–H groups in total. The molecule has 0 aliphatic rings. The van der Waals surface area contributed by atoms with E-state index in [2.05, 4.69) is 15.9 Å². The first-order chi connectivity index (χ1) is 6.09. The van der Waals surface area contributed by atoms with E-state index in [9.17, 15) is 4.79 Å². The van der Waals surface area contributed by atoms with Crippen LogP contribution in [0.1, 0.15) is 12.5 Å². The Hall–Kier alpha value is -0.670. The first kappa shape index (κ1) is 10.4. The summed E-state index contributed by atoms with van der Waals surface area (Å²) in [6.45, 7) is 1.49. The van der Waals surface area contributed by atoms with Crippen LogP contribution in [0.15, 0.2) is 28.7 Å². The summed E-state index contributed by atoms with van der Waals surface area (Å²) in [5.41, 5.74) is 0.917. The fraction of sp³-hybridized carbons (Fsp3) is 0.300. The summed E-state index contributed by atoms with van der Waals surface area (Å²) in [6, 6.07) is 7.51. The van der Waals surface area contributed by atoms with Crippen molar-refractivity contribution in [3.63, 3.8) is 0 Å². The third-order valence-corrected chi connectivity index (χ3v) is 2.23. The number of ketones is 1. The van der Waals surface area contributed by atoms with Crippen LogP contribution in [0.4, 0.5) is 0 Å². The highest BCUT2D eigenvalue weighted by molar-refractivity contribution is 9.10. The van der Waals surface area contributed by atoms with Crippen molar-refractivity contribution in [1.82, 2.24) is 0 Å². The number of benzene rings is 1. The molecule has 0 aliphatic carbocycles. The molecule has 0 saturated heterocycles. The molecule has 1 atom stereocenters. The van der Waals surface area contributed by atoms with Crippen molar-refractivity contribution < 1.29 is 9.90 Å². The normalized spacial score (nSPS) is 12.5. The Kier molecular flexibility index (Phi) is 3.63. The number of hydrogen-bond acceptors (Lipinski definition) is 2. The first-order valence-corrected chi connectivity index (χ1v) is 4.84. The lowest BCUT2D eigenvalue weighted by Gasteiger charge is -2.03. The van der Waals surface area contributed by atoms with Gasteiger partial charge in [-0.2, -0.15) is 0 Å². The maximum Gasteiger partial charge on any atom is 0.165 e. The summed E-state index contributed by atoms with van der Waals surface area (Å²) in [5.74, 6) is -0.155. The van der Waals surface area contributed by atoms with Crippen LogP contribution in [0.5, 0.6) is 0 Å². The molecule has 0 heterocycles. The Morgan fingerprint density at radius 1 is 1.62 bits per heavy atom. The second kappa shape index (κ2) is 4.53. The minimum Gasteiger partial charge on any atom is -0.386 e. The van der Waals surface area contributed by atoms with E-state index in [-0.39, 0.29) is 12.2 Å². The quantitative estimate of drug-likeness (QED) is 0.880. The molecule has 0 aliphatic heterocycles. The van der Waals surface area contributed by atoms with Gasteiger partial charge in [-0.15, -0.1) is 0 Å². The van der Waals surface area contributed by atoms with Crippen molar-refractivity contribution in [2.45, 2.75) is 19.4 Å². The molecule has 13 heavy (non-hydrogen) atoms. The summed E-state index contributed by atoms with van der Waals surface area (Å²) < 4.78 is 0.948. The number of rotatable bonds is 3. The fourth-order valence-electron chi connectivity index (χ4n) is 0.996. The number of Topliss-reactive ketones (excluding diaryl/α,β-unsaturated/α-hetero) is 1. The predicted molar refractivity (Wildman–Crippen MR) is 54.5 cm³/mol. The molecule has 0 spiro atoms. The van der Waals surface area contributed by atoms with Gasteiger partial charge in [-0.05, 0) is 24.6 Å². The van der Waals surface area contributed by atoms with Crippen molar-refractivity contribution in [2.24, 2.45) is 0 Å². The lowest BCUT2D eigenvalue weighted by atomic mass is 10.1. The van der Waals surface area contributed by atoms with E-state index >= 15 is 0 Å². The molecule has 1 aromatic rings. The molecule has 0 radical (unpaired) electrons. The minimum absolute atomic E-state index is 0.155. The van der Waals surface area contributed by atoms with Crippen LogP contribution < -0.4 is 0 Å². The Balaban J connectivity index is 2.69. The van der Waals surface area contributed by atoms with E-state index in [1.165, 1.54) is 6.92 Å². The number of aliphatic hydroxyl groups is 1. The summed E-state index contributed by atoms with van der Waals surface area (Å²) >= 11 is 3.32. The van der Waals surface area contributed by atoms with Gasteiger partial charge in [-0.1, -0.05) is 28.1 Å². The van der Waals surface area contributed by atoms with Crippen molar-refractivity contribution in [2.75, 3.05) is 0 Å². The highest BCUT2D eigenvalue weighted by atomic mass is 79.9. The van der Waals surface area contributed by atoms with Crippen LogP contribution in [0.25, 0.3) is 0 Å². The maximum absolute atomic E-state index is 11.2. The second-order valence-electron chi connectivity index (χ2n) is 2.95. The number of carbonyl (C=O) groups excluding carboxylic acids is 1. The van der Waals surface area contributed by atoms with E-state index in [0.717, 1.165) is 10.0 Å². The van der Waals surface area contributed by atoms with E-state index in [1.807, 2.05) is 24.3 Å². The Bertz CT molecular complexity index is 308. The monoisotopic (exact) mass is 242 g/mol. The third kappa shape index (κ3) is 3.28. The molecule has 3 heteroatoms. The first-order valence-electron chi connectivity index (χ1n) is 4.05. The lowest BCUT2D eigenvalue weighted by Crippen LogP contribution is -2.18. The van der Waals surface area contributed by atoms with Gasteiger partial charge in [-0.3, -0.25) is 4.79 Å². The van der Waals surface area contributed by atoms with Crippen molar-refractivity contribution in [1.29, 1.82) is 0 Å². The van der Waals surface area contributed by atoms with Gasteiger partial charge < -0.3 is 5.11 Å². The Labute approximate surface area is 85.7 Å². The summed E-state index contributed by atoms with van der Waals surface area (Å²) in [5, 5.41) is 8.99. The van der Waals surface area contributed by atoms with Crippen molar-refractivity contribution in [3.05, 3.63) is 34.3 Å². The van der Waals surface area contributed by atoms with E-state index < -0.39 is 6.10 Å². The predicted octanol–water partition coefficient (Wildman–Crippen LogP) is 1.94. The molecule has 0 aromatic heterocycles. The van der Waals surface area contributed by atoms with Crippen LogP contribution in [0, 0.1) is 0 Å². The molecule has 1 aromatic carbocycles. The average molecular weight is 243 g/mol. The third-order valence-electron chi connectivity index (χ3n) is 1.73. The molecule has 0 amide bonds. The van der Waals surface area contributed by atoms with E-state index in [0.29, 0.717) is 0 Å². The van der Waals surface area contributed by atoms with Gasteiger partial charge in [0.15, 0.2) is 5.78 Å². The average Bonchev–Trinajstić information content (AvgIpc) is 2.04. The van der Waals surface area contributed by atoms with Gasteiger partial charge in [-0.25, -0.2) is 0 Å². The zero-order chi connectivity index (χ0) is 9.84. The molecule has 0 saturated carbocycles. The number of halogens is 1. The number of carbonyl (C=O) groups is 1. The van der Waals surface area contributed by atoms with Crippen LogP contribution in [0.3, 0.4) is 0 Å². The van der Waals surface area contributed by atoms with Gasteiger partial charge in [0.05, 0.1) is 0 Å². The maximum atomic E-state index is 11.2. The zero-order valence-corrected chi connectivity index (χ0v) is 8.91. The van der Waals surface area contributed by atoms with Crippen LogP contribution in [0.2, 0.25) is 0 Å². The topological polar surface area (TPSA) is 37.3 Å². The van der Waals surface area contributed by atoms with Gasteiger partial charge in [0.1, 0.15) is 6.10 Å². The van der Waals surface area contributed by atoms with Gasteiger partial charge in [0.25, 0.3) is 0 Å². The molecule has 70 valence electrons. The molecule has 0 bridgehead atoms. The van der Waals surface area contributed by atoms with Crippen molar-refractivity contribution in [3.8, 4) is 0 Å². The van der Waals surface area contributed by atoms with Crippen molar-refractivity contribution >= 4 is 21.7 Å². The summed E-state index contributed by atoms with van der Waals surface area (Å²) in [6.07, 6.45) is -0.587. The van der Waals surface area contributed by atoms with Crippen LogP contribution in [-0.2, 0) is 11.2 Å². The highest BCUT2D eigenvalue weighted by Crippen LogP contribution is 2.12. The van der Waals surface area contributed by atoms with Gasteiger partial charge in [0, 0.05) is 10.9 Å². The van der Waals surface area contributed by atoms with E-state index in [1.54, 1.807) is 0 Å². The molecule has 1 rings (SSSR count). The lowest BCUT2D eigenvalue weighted by molar-refractivity contribution is -0.125. The SMILES string of the molecule is CC(O)C(=O)Cc1cccc(Br)c1. The molecular weight excluding hydrogens is 232 g/mol. The number of hydrogen-bond donors (Lipinski definition) is 1. The molecule has 2 nitrogen and oxygen atoms in total. The standard InChI is InChI=1S/C10H11BrO2/c1-7(12)10(13)6-8-3-2-4-9(11)5-8/h2-5,7,12H,6H2,1H3. The Morgan fingerprint density at radius 3 is 2.85 bits per heavy atom. The largest absolute Gasteiger partial charge is 0.386 e. The van der Waals surface area contributed by atoms with Crippen LogP contribution in [-0.4, -0.2) is 17.0 Å². The van der Waals surface area contributed by atoms with E-state index in [4.69, 9.17) is 5.11 Å².